The highest BCUT2D eigenvalue weighted by atomic mass is 31.1. The zero-order valence-electron chi connectivity index (χ0n) is 8.18. The van der Waals surface area contributed by atoms with Gasteiger partial charge in [-0.3, -0.25) is 9.88 Å². The minimum Gasteiger partial charge on any atom is -0.462 e. The Balaban J connectivity index is 3.61. The fraction of sp³-hybridized carbons (Fsp3) is 0.875. The van der Waals surface area contributed by atoms with Gasteiger partial charge >= 0.3 is 5.97 Å². The normalized spacial score (nSPS) is 14.1. The minimum atomic E-state index is -0.175. The van der Waals surface area contributed by atoms with E-state index in [2.05, 4.69) is 12.0 Å². The molecule has 2 atom stereocenters. The maximum atomic E-state index is 11.2. The van der Waals surface area contributed by atoms with Gasteiger partial charge in [-0.1, -0.05) is 15.7 Å². The second-order valence-electron chi connectivity index (χ2n) is 2.88. The van der Waals surface area contributed by atoms with Crippen LogP contribution >= 0.6 is 8.73 Å². The summed E-state index contributed by atoms with van der Waals surface area (Å²) in [6.45, 7) is 7.61. The highest BCUT2D eigenvalue weighted by Gasteiger charge is 2.13. The van der Waals surface area contributed by atoms with Gasteiger partial charge in [0.25, 0.3) is 0 Å². The summed E-state index contributed by atoms with van der Waals surface area (Å²) >= 11 is 0. The van der Waals surface area contributed by atoms with Crippen LogP contribution in [0, 0.1) is 0 Å². The monoisotopic (exact) mass is 191 g/mol. The second kappa shape index (κ2) is 6.38. The first-order valence-electron chi connectivity index (χ1n) is 4.26. The summed E-state index contributed by atoms with van der Waals surface area (Å²) in [4.78, 5) is 11.2. The summed E-state index contributed by atoms with van der Waals surface area (Å²) in [6, 6.07) is -0.175. The molecule has 0 aromatic carbocycles. The van der Waals surface area contributed by atoms with Crippen LogP contribution in [0.25, 0.3) is 0 Å². The smallest absolute Gasteiger partial charge is 0.323 e. The van der Waals surface area contributed by atoms with Crippen LogP contribution in [-0.4, -0.2) is 24.3 Å². The molecule has 1 N–H and O–H groups in total. The van der Waals surface area contributed by atoms with Crippen molar-refractivity contribution in [2.75, 3.05) is 6.16 Å². The highest BCUT2D eigenvalue weighted by molar-refractivity contribution is 7.35. The third-order valence-electron chi connectivity index (χ3n) is 1.20. The molecule has 2 unspecified atom stereocenters. The fourth-order valence-electron chi connectivity index (χ4n) is 0.648. The van der Waals surface area contributed by atoms with Crippen molar-refractivity contribution in [3.8, 4) is 0 Å². The van der Waals surface area contributed by atoms with Crippen molar-refractivity contribution in [2.45, 2.75) is 39.8 Å². The molecule has 0 bridgehead atoms. The summed E-state index contributed by atoms with van der Waals surface area (Å²) in [7, 11) is 0.634. The maximum absolute atomic E-state index is 11.2. The number of ether oxygens (including phenoxy) is 1. The number of carbonyl (C=O) groups is 1. The number of hydrogen-bond donors (Lipinski definition) is 1. The second-order valence-corrected chi connectivity index (χ2v) is 4.23. The molecule has 0 aromatic rings. The lowest BCUT2D eigenvalue weighted by Gasteiger charge is -2.14. The van der Waals surface area contributed by atoms with Crippen LogP contribution < -0.4 is 5.09 Å². The Bertz CT molecular complexity index is 139. The minimum absolute atomic E-state index is 0.0216. The molecular weight excluding hydrogens is 173 g/mol. The van der Waals surface area contributed by atoms with E-state index in [1.54, 1.807) is 0 Å². The summed E-state index contributed by atoms with van der Waals surface area (Å²) in [5, 5.41) is 3.09. The standard InChI is InChI=1S/C8H18NO2P/c1-5-12-9-7(4)8(10)11-6(2)3/h6-7,9,12H,5H2,1-4H3. The van der Waals surface area contributed by atoms with Crippen LogP contribution in [0.4, 0.5) is 0 Å². The molecule has 0 spiro atoms. The molecule has 4 heteroatoms. The van der Waals surface area contributed by atoms with Crippen molar-refractivity contribution in [3.63, 3.8) is 0 Å². The molecule has 3 nitrogen and oxygen atoms in total. The van der Waals surface area contributed by atoms with Crippen molar-refractivity contribution >= 4 is 14.7 Å². The maximum Gasteiger partial charge on any atom is 0.323 e. The number of esters is 1. The largest absolute Gasteiger partial charge is 0.462 e. The van der Waals surface area contributed by atoms with Crippen LogP contribution in [-0.2, 0) is 9.53 Å². The average molecular weight is 191 g/mol. The summed E-state index contributed by atoms with van der Waals surface area (Å²) in [5.41, 5.74) is 0. The van der Waals surface area contributed by atoms with Gasteiger partial charge in [-0.25, -0.2) is 0 Å². The summed E-state index contributed by atoms with van der Waals surface area (Å²) in [6.07, 6.45) is 1.03. The van der Waals surface area contributed by atoms with Crippen molar-refractivity contribution < 1.29 is 9.53 Å². The Morgan fingerprint density at radius 2 is 2.08 bits per heavy atom. The molecule has 12 heavy (non-hydrogen) atoms. The average Bonchev–Trinajstić information content (AvgIpc) is 1.98. The Kier molecular flexibility index (Phi) is 6.31. The molecule has 0 aliphatic rings. The van der Waals surface area contributed by atoms with Gasteiger partial charge in [0.1, 0.15) is 6.04 Å². The number of nitrogens with one attached hydrogen (secondary N) is 1. The molecular formula is C8H18NO2P. The Morgan fingerprint density at radius 1 is 1.50 bits per heavy atom. The van der Waals surface area contributed by atoms with E-state index < -0.39 is 0 Å². The number of carbonyl (C=O) groups excluding carboxylic acids is 1. The van der Waals surface area contributed by atoms with Crippen molar-refractivity contribution in [3.05, 3.63) is 0 Å². The van der Waals surface area contributed by atoms with Gasteiger partial charge in [0.15, 0.2) is 0 Å². The quantitative estimate of drug-likeness (QED) is 0.529. The fourth-order valence-corrected chi connectivity index (χ4v) is 1.28. The first-order chi connectivity index (χ1) is 5.57. The van der Waals surface area contributed by atoms with E-state index in [1.165, 1.54) is 0 Å². The van der Waals surface area contributed by atoms with Crippen molar-refractivity contribution in [2.24, 2.45) is 0 Å². The zero-order chi connectivity index (χ0) is 9.56. The van der Waals surface area contributed by atoms with Gasteiger partial charge < -0.3 is 4.74 Å². The van der Waals surface area contributed by atoms with Gasteiger partial charge in [0.05, 0.1) is 6.10 Å². The van der Waals surface area contributed by atoms with Crippen molar-refractivity contribution in [1.82, 2.24) is 5.09 Å². The van der Waals surface area contributed by atoms with Gasteiger partial charge in [-0.15, -0.1) is 0 Å². The SMILES string of the molecule is CCPNC(C)C(=O)OC(C)C. The van der Waals surface area contributed by atoms with Crippen LogP contribution in [0.15, 0.2) is 0 Å². The summed E-state index contributed by atoms with van der Waals surface area (Å²) in [5.74, 6) is -0.161. The van der Waals surface area contributed by atoms with Crippen LogP contribution in [0.2, 0.25) is 0 Å². The first kappa shape index (κ1) is 11.9. The van der Waals surface area contributed by atoms with Crippen LogP contribution in [0.3, 0.4) is 0 Å². The highest BCUT2D eigenvalue weighted by Crippen LogP contribution is 2.04. The predicted octanol–water partition coefficient (Wildman–Crippen LogP) is 1.53. The van der Waals surface area contributed by atoms with E-state index in [4.69, 9.17) is 4.74 Å². The molecule has 0 aromatic heterocycles. The molecule has 0 radical (unpaired) electrons. The van der Waals surface area contributed by atoms with Gasteiger partial charge in [0, 0.05) is 0 Å². The molecule has 0 saturated carbocycles. The van der Waals surface area contributed by atoms with Crippen LogP contribution in [0.5, 0.6) is 0 Å². The lowest BCUT2D eigenvalue weighted by atomic mass is 10.4. The number of hydrogen-bond acceptors (Lipinski definition) is 3. The molecule has 0 amide bonds. The van der Waals surface area contributed by atoms with Gasteiger partial charge in [0.2, 0.25) is 0 Å². The number of rotatable bonds is 5. The van der Waals surface area contributed by atoms with E-state index >= 15 is 0 Å². The molecule has 0 aliphatic heterocycles. The summed E-state index contributed by atoms with van der Waals surface area (Å²) < 4.78 is 5.01. The molecule has 0 rings (SSSR count). The Morgan fingerprint density at radius 3 is 2.50 bits per heavy atom. The zero-order valence-corrected chi connectivity index (χ0v) is 9.18. The van der Waals surface area contributed by atoms with Gasteiger partial charge in [-0.05, 0) is 26.9 Å². The van der Waals surface area contributed by atoms with Gasteiger partial charge in [-0.2, -0.15) is 0 Å². The molecule has 0 heterocycles. The van der Waals surface area contributed by atoms with E-state index in [0.717, 1.165) is 6.16 Å². The molecule has 72 valence electrons. The van der Waals surface area contributed by atoms with E-state index in [9.17, 15) is 4.79 Å². The molecule has 0 fully saturated rings. The lowest BCUT2D eigenvalue weighted by molar-refractivity contribution is -0.148. The van der Waals surface area contributed by atoms with E-state index in [0.29, 0.717) is 8.73 Å². The first-order valence-corrected chi connectivity index (χ1v) is 5.47. The predicted molar refractivity (Wildman–Crippen MR) is 52.7 cm³/mol. The van der Waals surface area contributed by atoms with E-state index in [1.807, 2.05) is 20.8 Å². The van der Waals surface area contributed by atoms with E-state index in [-0.39, 0.29) is 18.1 Å². The topological polar surface area (TPSA) is 38.3 Å². The molecule has 0 aliphatic carbocycles. The Hall–Kier alpha value is -0.140. The molecule has 0 saturated heterocycles. The van der Waals surface area contributed by atoms with Crippen LogP contribution in [0.1, 0.15) is 27.7 Å². The lowest BCUT2D eigenvalue weighted by Crippen LogP contribution is -2.31. The Labute approximate surface area is 76.1 Å². The third-order valence-corrected chi connectivity index (χ3v) is 2.19. The van der Waals surface area contributed by atoms with Crippen molar-refractivity contribution in [1.29, 1.82) is 0 Å². The third kappa shape index (κ3) is 5.50.